The van der Waals surface area contributed by atoms with E-state index in [0.717, 1.165) is 57.1 Å². The Morgan fingerprint density at radius 3 is 2.77 bits per heavy atom. The minimum atomic E-state index is -0.643. The van der Waals surface area contributed by atoms with Crippen LogP contribution in [0.5, 0.6) is 11.5 Å². The average Bonchev–Trinajstić information content (AvgIpc) is 3.37. The highest BCUT2D eigenvalue weighted by molar-refractivity contribution is 8.28. The highest BCUT2D eigenvalue weighted by atomic mass is 35.5. The standard InChI is InChI=1S/C30H32ClN3O4S2/c1-30(2,3)38-29(35)34-24-16-20(8-9-21(24)18-32-34)28-39-14-5-15-40(28)33-23-7-4-6-22(27(23)31)19-10-11-25-26(17-19)37-13-12-36-25/h4,6-11,16-18,28,33,40H,5,12-15H2,1-3H3. The largest absolute Gasteiger partial charge is 0.486 e. The molecule has 3 heterocycles. The molecule has 0 radical (unpaired) electrons. The van der Waals surface area contributed by atoms with E-state index in [1.165, 1.54) is 10.2 Å². The molecule has 2 aliphatic rings. The van der Waals surface area contributed by atoms with Gasteiger partial charge in [-0.05, 0) is 74.1 Å². The first kappa shape index (κ1) is 27.2. The topological polar surface area (TPSA) is 74.6 Å². The summed E-state index contributed by atoms with van der Waals surface area (Å²) in [6.45, 7) is 6.67. The van der Waals surface area contributed by atoms with Gasteiger partial charge in [0.15, 0.2) is 11.5 Å². The number of nitrogens with one attached hydrogen (secondary N) is 1. The lowest BCUT2D eigenvalue weighted by atomic mass is 10.0. The van der Waals surface area contributed by atoms with Gasteiger partial charge in [-0.1, -0.05) is 41.9 Å². The summed E-state index contributed by atoms with van der Waals surface area (Å²) in [5.74, 6) is 3.66. The molecule has 0 amide bonds. The van der Waals surface area contributed by atoms with E-state index in [-0.39, 0.29) is 4.58 Å². The number of aromatic nitrogens is 2. The van der Waals surface area contributed by atoms with Crippen molar-refractivity contribution in [1.82, 2.24) is 9.78 Å². The van der Waals surface area contributed by atoms with Gasteiger partial charge in [-0.15, -0.1) is 11.8 Å². The number of nitrogens with zero attached hydrogens (tertiary/aromatic N) is 2. The van der Waals surface area contributed by atoms with Gasteiger partial charge in [0.1, 0.15) is 18.8 Å². The van der Waals surface area contributed by atoms with Crippen LogP contribution >= 0.6 is 34.4 Å². The summed E-state index contributed by atoms with van der Waals surface area (Å²) in [6.07, 6.45) is 2.37. The Labute approximate surface area is 246 Å². The third-order valence-electron chi connectivity index (χ3n) is 6.66. The van der Waals surface area contributed by atoms with Gasteiger partial charge in [0.05, 0.1) is 27.0 Å². The van der Waals surface area contributed by atoms with Crippen molar-refractivity contribution in [3.05, 3.63) is 71.4 Å². The molecule has 0 aliphatic carbocycles. The van der Waals surface area contributed by atoms with Crippen molar-refractivity contribution in [1.29, 1.82) is 0 Å². The number of thioether (sulfide) groups is 1. The summed E-state index contributed by atoms with van der Waals surface area (Å²) in [6, 6.07) is 18.3. The minimum Gasteiger partial charge on any atom is -0.486 e. The summed E-state index contributed by atoms with van der Waals surface area (Å²) in [4.78, 5) is 12.8. The molecule has 7 nitrogen and oxygen atoms in total. The van der Waals surface area contributed by atoms with E-state index in [1.807, 2.05) is 75.0 Å². The summed E-state index contributed by atoms with van der Waals surface area (Å²) < 4.78 is 22.5. The van der Waals surface area contributed by atoms with Crippen LogP contribution in [0.1, 0.15) is 37.3 Å². The SMILES string of the molecule is CC(C)(C)OC(=O)n1ncc2ccc(C3SCCC[SH]3Nc3cccc(-c4ccc5c(c4)OCCO5)c3Cl)cc21. The van der Waals surface area contributed by atoms with Crippen molar-refractivity contribution in [2.24, 2.45) is 0 Å². The van der Waals surface area contributed by atoms with Crippen LogP contribution < -0.4 is 14.2 Å². The molecule has 6 rings (SSSR count). The fourth-order valence-electron chi connectivity index (χ4n) is 4.87. The van der Waals surface area contributed by atoms with Crippen LogP contribution in [-0.2, 0) is 4.74 Å². The zero-order valence-corrected chi connectivity index (χ0v) is 25.1. The molecule has 3 aromatic carbocycles. The molecule has 1 saturated heterocycles. The highest BCUT2D eigenvalue weighted by Crippen LogP contribution is 2.55. The molecular weight excluding hydrogens is 566 g/mol. The second-order valence-electron chi connectivity index (χ2n) is 10.8. The number of hydrogen-bond acceptors (Lipinski definition) is 7. The number of ether oxygens (including phenoxy) is 3. The van der Waals surface area contributed by atoms with Crippen molar-refractivity contribution in [2.75, 3.05) is 29.4 Å². The predicted molar refractivity (Wildman–Crippen MR) is 167 cm³/mol. The molecule has 40 heavy (non-hydrogen) atoms. The summed E-state index contributed by atoms with van der Waals surface area (Å²) in [7, 11) is 0. The second kappa shape index (κ2) is 11.1. The van der Waals surface area contributed by atoms with Crippen LogP contribution in [-0.4, -0.2) is 46.2 Å². The molecular formula is C30H32ClN3O4S2. The molecule has 0 spiro atoms. The first-order valence-corrected chi connectivity index (χ1v) is 16.3. The number of halogens is 1. The molecule has 4 aromatic rings. The number of carbonyl (C=O) groups excluding carboxylic acids is 1. The van der Waals surface area contributed by atoms with E-state index in [9.17, 15) is 4.79 Å². The smallest absolute Gasteiger partial charge is 0.435 e. The molecule has 2 atom stereocenters. The molecule has 0 bridgehead atoms. The third-order valence-corrected chi connectivity index (χ3v) is 11.6. The maximum Gasteiger partial charge on any atom is 0.435 e. The lowest BCUT2D eigenvalue weighted by molar-refractivity contribution is 0.0522. The quantitative estimate of drug-likeness (QED) is 0.230. The lowest BCUT2D eigenvalue weighted by Crippen LogP contribution is -2.27. The Morgan fingerprint density at radius 2 is 1.95 bits per heavy atom. The summed E-state index contributed by atoms with van der Waals surface area (Å²) in [5, 5.41) is 5.91. The van der Waals surface area contributed by atoms with Crippen LogP contribution in [0.15, 0.2) is 60.8 Å². The maximum atomic E-state index is 12.8. The number of benzene rings is 3. The maximum absolute atomic E-state index is 12.8. The fourth-order valence-corrected chi connectivity index (χ4v) is 9.80. The Hall–Kier alpha value is -3.01. The molecule has 1 aromatic heterocycles. The van der Waals surface area contributed by atoms with E-state index in [0.29, 0.717) is 18.2 Å². The van der Waals surface area contributed by atoms with Crippen molar-refractivity contribution in [2.45, 2.75) is 37.4 Å². The summed E-state index contributed by atoms with van der Waals surface area (Å²) >= 11 is 8.32. The van der Waals surface area contributed by atoms with E-state index in [1.54, 1.807) is 6.20 Å². The molecule has 10 heteroatoms. The molecule has 0 saturated carbocycles. The highest BCUT2D eigenvalue weighted by Gasteiger charge is 2.27. The fraction of sp³-hybridized carbons (Fsp3) is 0.333. The number of rotatable bonds is 4. The van der Waals surface area contributed by atoms with Crippen LogP contribution in [0, 0.1) is 0 Å². The average molecular weight is 598 g/mol. The Balaban J connectivity index is 1.28. The molecule has 2 aliphatic heterocycles. The third kappa shape index (κ3) is 5.60. The normalized spacial score (nSPS) is 19.8. The van der Waals surface area contributed by atoms with E-state index < -0.39 is 22.8 Å². The van der Waals surface area contributed by atoms with Crippen molar-refractivity contribution in [3.63, 3.8) is 0 Å². The van der Waals surface area contributed by atoms with Crippen LogP contribution in [0.2, 0.25) is 5.02 Å². The van der Waals surface area contributed by atoms with E-state index >= 15 is 0 Å². The van der Waals surface area contributed by atoms with Gasteiger partial charge in [-0.2, -0.15) is 20.9 Å². The monoisotopic (exact) mass is 597 g/mol. The number of carbonyl (C=O) groups is 1. The van der Waals surface area contributed by atoms with Gasteiger partial charge in [-0.3, -0.25) is 0 Å². The number of hydrogen-bond donors (Lipinski definition) is 2. The number of fused-ring (bicyclic) bond motifs is 2. The van der Waals surface area contributed by atoms with Crippen molar-refractivity contribution in [3.8, 4) is 22.6 Å². The minimum absolute atomic E-state index is 0.240. The van der Waals surface area contributed by atoms with Gasteiger partial charge < -0.3 is 18.9 Å². The zero-order valence-electron chi connectivity index (χ0n) is 22.6. The van der Waals surface area contributed by atoms with E-state index in [2.05, 4.69) is 22.0 Å². The molecule has 1 fully saturated rings. The van der Waals surface area contributed by atoms with Crippen molar-refractivity contribution >= 4 is 57.1 Å². The zero-order chi connectivity index (χ0) is 27.9. The summed E-state index contributed by atoms with van der Waals surface area (Å²) in [5.41, 5.74) is 4.18. The first-order valence-electron chi connectivity index (χ1n) is 13.3. The van der Waals surface area contributed by atoms with Crippen molar-refractivity contribution < 1.29 is 19.0 Å². The first-order chi connectivity index (χ1) is 19.3. The van der Waals surface area contributed by atoms with Crippen LogP contribution in [0.25, 0.3) is 22.0 Å². The molecule has 210 valence electrons. The number of anilines is 1. The molecule has 2 unspecified atom stereocenters. The van der Waals surface area contributed by atoms with Gasteiger partial charge >= 0.3 is 6.09 Å². The Morgan fingerprint density at radius 1 is 1.12 bits per heavy atom. The van der Waals surface area contributed by atoms with Crippen LogP contribution in [0.3, 0.4) is 0 Å². The van der Waals surface area contributed by atoms with Gasteiger partial charge in [0.2, 0.25) is 0 Å². The second-order valence-corrected chi connectivity index (χ2v) is 14.8. The Bertz CT molecular complexity index is 1570. The van der Waals surface area contributed by atoms with E-state index in [4.69, 9.17) is 25.8 Å². The van der Waals surface area contributed by atoms with Gasteiger partial charge in [-0.25, -0.2) is 4.79 Å². The predicted octanol–water partition coefficient (Wildman–Crippen LogP) is 8.07. The lowest BCUT2D eigenvalue weighted by Gasteiger charge is -2.36. The Kier molecular flexibility index (Phi) is 7.54. The number of thiol groups is 1. The molecule has 1 N–H and O–H groups in total. The van der Waals surface area contributed by atoms with Gasteiger partial charge in [0.25, 0.3) is 0 Å². The van der Waals surface area contributed by atoms with Gasteiger partial charge in [0, 0.05) is 10.9 Å². The van der Waals surface area contributed by atoms with Crippen LogP contribution in [0.4, 0.5) is 10.5 Å².